The van der Waals surface area contributed by atoms with Crippen molar-refractivity contribution in [1.82, 2.24) is 15.2 Å². The van der Waals surface area contributed by atoms with Crippen LogP contribution in [0.25, 0.3) is 6.08 Å². The number of nitrogens with one attached hydrogen (secondary N) is 1. The molecule has 2 aliphatic heterocycles. The smallest absolute Gasteiger partial charge is 0.431 e. The van der Waals surface area contributed by atoms with E-state index in [1.54, 1.807) is 11.5 Å². The van der Waals surface area contributed by atoms with Crippen LogP contribution in [0.4, 0.5) is 4.79 Å². The summed E-state index contributed by atoms with van der Waals surface area (Å²) in [6, 6.07) is -0.434. The maximum absolute atomic E-state index is 13.3. The summed E-state index contributed by atoms with van der Waals surface area (Å²) in [6.07, 6.45) is 2.96. The summed E-state index contributed by atoms with van der Waals surface area (Å²) in [5.41, 5.74) is 1.75. The number of hydrogen-bond donors (Lipinski definition) is 3. The van der Waals surface area contributed by atoms with Crippen molar-refractivity contribution in [3.63, 3.8) is 0 Å². The minimum Gasteiger partial charge on any atom is -0.431 e. The molecule has 3 heterocycles. The number of thiazole rings is 1. The van der Waals surface area contributed by atoms with Gasteiger partial charge in [0.05, 0.1) is 35.1 Å². The Bertz CT molecular complexity index is 1210. The van der Waals surface area contributed by atoms with Crippen LogP contribution in [0.15, 0.2) is 21.5 Å². The second-order valence-corrected chi connectivity index (χ2v) is 12.0. The highest BCUT2D eigenvalue weighted by molar-refractivity contribution is 8.06. The molecule has 3 aliphatic rings. The molecule has 4 rings (SSSR count). The highest BCUT2D eigenvalue weighted by atomic mass is 32.2. The molecule has 1 aliphatic carbocycles. The number of esters is 1. The predicted octanol–water partition coefficient (Wildman–Crippen LogP) is 3.01. The van der Waals surface area contributed by atoms with Crippen molar-refractivity contribution in [2.75, 3.05) is 13.2 Å². The number of amides is 2. The van der Waals surface area contributed by atoms with Crippen LogP contribution in [0.3, 0.4) is 0 Å². The molecule has 2 fully saturated rings. The normalized spacial score (nSPS) is 24.1. The van der Waals surface area contributed by atoms with E-state index in [0.29, 0.717) is 9.78 Å². The quantitative estimate of drug-likeness (QED) is 0.192. The van der Waals surface area contributed by atoms with E-state index >= 15 is 0 Å². The molecule has 0 bridgehead atoms. The lowest BCUT2D eigenvalue weighted by Gasteiger charge is -2.46. The first kappa shape index (κ1) is 31.0. The molecule has 14 heteroatoms. The van der Waals surface area contributed by atoms with Gasteiger partial charge in [-0.3, -0.25) is 9.59 Å². The van der Waals surface area contributed by atoms with E-state index < -0.39 is 42.4 Å². The molecule has 1 saturated heterocycles. The van der Waals surface area contributed by atoms with Crippen molar-refractivity contribution in [3.05, 3.63) is 32.1 Å². The van der Waals surface area contributed by atoms with Gasteiger partial charge in [-0.15, -0.1) is 11.3 Å². The molecule has 0 aromatic carbocycles. The maximum Gasteiger partial charge on any atom is 0.511 e. The van der Waals surface area contributed by atoms with E-state index in [1.165, 1.54) is 47.4 Å². The Morgan fingerprint density at radius 1 is 1.24 bits per heavy atom. The number of ether oxygens (including phenoxy) is 3. The van der Waals surface area contributed by atoms with E-state index in [4.69, 9.17) is 19.3 Å². The third-order valence-electron chi connectivity index (χ3n) is 7.27. The van der Waals surface area contributed by atoms with Crippen LogP contribution >= 0.6 is 23.1 Å². The number of β-lactam (4-membered cyclic amide) rings is 1. The predicted molar refractivity (Wildman–Crippen MR) is 150 cm³/mol. The van der Waals surface area contributed by atoms with E-state index in [-0.39, 0.29) is 42.5 Å². The van der Waals surface area contributed by atoms with Crippen LogP contribution in [-0.2, 0) is 23.8 Å². The fourth-order valence-corrected chi connectivity index (χ4v) is 7.11. The second kappa shape index (κ2) is 13.8. The van der Waals surface area contributed by atoms with E-state index in [1.807, 2.05) is 6.92 Å². The standard InChI is InChI=1S/C27H35N3O9S2/c1-14-21-19(15(2)32)25(34)30(21)22(26(35)37-16(3)38-27(36)39-17-7-5-4-6-8-17)23(14)40-12-9-18-20(29-13-41-18)24(33)28-10-11-31/h9,12-17,19,21,31-32H,4-8,10-11H2,1-3H3,(H,28,33)/t14-,15-,16?,19-,21-/m1/s1. The van der Waals surface area contributed by atoms with E-state index in [2.05, 4.69) is 10.3 Å². The van der Waals surface area contributed by atoms with Crippen LogP contribution in [-0.4, -0.2) is 81.7 Å². The number of carbonyl (C=O) groups excluding carboxylic acids is 4. The monoisotopic (exact) mass is 609 g/mol. The van der Waals surface area contributed by atoms with Crippen LogP contribution in [0.5, 0.6) is 0 Å². The van der Waals surface area contributed by atoms with Gasteiger partial charge < -0.3 is 34.6 Å². The van der Waals surface area contributed by atoms with Gasteiger partial charge in [0.25, 0.3) is 5.91 Å². The van der Waals surface area contributed by atoms with Crippen molar-refractivity contribution in [3.8, 4) is 0 Å². The first-order chi connectivity index (χ1) is 19.6. The Morgan fingerprint density at radius 2 is 1.98 bits per heavy atom. The van der Waals surface area contributed by atoms with Crippen LogP contribution in [0.2, 0.25) is 0 Å². The molecule has 1 saturated carbocycles. The molecule has 224 valence electrons. The Balaban J connectivity index is 1.48. The summed E-state index contributed by atoms with van der Waals surface area (Å²) < 4.78 is 15.9. The summed E-state index contributed by atoms with van der Waals surface area (Å²) in [7, 11) is 0. The average molecular weight is 610 g/mol. The Kier molecular flexibility index (Phi) is 10.4. The van der Waals surface area contributed by atoms with Crippen molar-refractivity contribution in [2.45, 2.75) is 77.4 Å². The third kappa shape index (κ3) is 6.93. The topological polar surface area (TPSA) is 165 Å². The molecule has 0 radical (unpaired) electrons. The van der Waals surface area contributed by atoms with Gasteiger partial charge >= 0.3 is 12.1 Å². The van der Waals surface area contributed by atoms with Gasteiger partial charge in [-0.05, 0) is 44.1 Å². The largest absolute Gasteiger partial charge is 0.511 e. The Hall–Kier alpha value is -2.94. The summed E-state index contributed by atoms with van der Waals surface area (Å²) in [4.78, 5) is 57.4. The Labute approximate surface area is 246 Å². The number of aliphatic hydroxyl groups excluding tert-OH is 2. The van der Waals surface area contributed by atoms with Crippen LogP contribution in [0, 0.1) is 11.8 Å². The number of hydrogen-bond acceptors (Lipinski definition) is 12. The zero-order valence-electron chi connectivity index (χ0n) is 23.1. The SMILES string of the molecule is CC(OC(=O)OC1CCCCC1)OC(=O)C1=C(SC=Cc2scnc2C(=O)NCCO)[C@H](C)[C@@H]2[C@@H]([C@@H](C)O)C(=O)N12. The zero-order valence-corrected chi connectivity index (χ0v) is 24.7. The van der Waals surface area contributed by atoms with Crippen molar-refractivity contribution >= 4 is 53.1 Å². The number of carbonyl (C=O) groups is 4. The molecule has 0 spiro atoms. The number of aliphatic hydroxyl groups is 2. The molecule has 1 aromatic heterocycles. The number of fused-ring (bicyclic) bond motifs is 1. The van der Waals surface area contributed by atoms with Crippen molar-refractivity contribution in [2.24, 2.45) is 11.8 Å². The zero-order chi connectivity index (χ0) is 29.7. The summed E-state index contributed by atoms with van der Waals surface area (Å²) in [6.45, 7) is 4.69. The first-order valence-corrected chi connectivity index (χ1v) is 15.4. The van der Waals surface area contributed by atoms with Crippen molar-refractivity contribution in [1.29, 1.82) is 0 Å². The van der Waals surface area contributed by atoms with Gasteiger partial charge in [0.1, 0.15) is 17.5 Å². The molecular weight excluding hydrogens is 574 g/mol. The average Bonchev–Trinajstić information content (AvgIpc) is 3.48. The highest BCUT2D eigenvalue weighted by Crippen LogP contribution is 2.51. The van der Waals surface area contributed by atoms with E-state index in [0.717, 1.165) is 32.1 Å². The summed E-state index contributed by atoms with van der Waals surface area (Å²) in [5.74, 6) is -2.62. The molecule has 1 unspecified atom stereocenters. The molecule has 5 atom stereocenters. The van der Waals surface area contributed by atoms with Crippen LogP contribution < -0.4 is 5.32 Å². The lowest BCUT2D eigenvalue weighted by molar-refractivity contribution is -0.174. The maximum atomic E-state index is 13.3. The molecule has 2 amide bonds. The number of rotatable bonds is 11. The lowest BCUT2D eigenvalue weighted by atomic mass is 9.79. The second-order valence-electron chi connectivity index (χ2n) is 10.2. The van der Waals surface area contributed by atoms with Gasteiger partial charge in [0, 0.05) is 24.3 Å². The van der Waals surface area contributed by atoms with Gasteiger partial charge in [-0.2, -0.15) is 0 Å². The highest BCUT2D eigenvalue weighted by Gasteiger charge is 2.60. The van der Waals surface area contributed by atoms with Gasteiger partial charge in [0.2, 0.25) is 12.2 Å². The van der Waals surface area contributed by atoms with E-state index in [9.17, 15) is 24.3 Å². The Morgan fingerprint density at radius 3 is 2.66 bits per heavy atom. The van der Waals surface area contributed by atoms with Crippen LogP contribution in [0.1, 0.15) is 68.2 Å². The fourth-order valence-electron chi connectivity index (χ4n) is 5.35. The third-order valence-corrected chi connectivity index (χ3v) is 9.16. The van der Waals surface area contributed by atoms with Gasteiger partial charge in [-0.25, -0.2) is 14.6 Å². The van der Waals surface area contributed by atoms with Gasteiger partial charge in [-0.1, -0.05) is 25.1 Å². The lowest BCUT2D eigenvalue weighted by Crippen LogP contribution is -2.63. The molecule has 41 heavy (non-hydrogen) atoms. The fraction of sp³-hybridized carbons (Fsp3) is 0.593. The molecule has 3 N–H and O–H groups in total. The van der Waals surface area contributed by atoms with Crippen molar-refractivity contribution < 1.29 is 43.6 Å². The molecule has 1 aromatic rings. The summed E-state index contributed by atoms with van der Waals surface area (Å²) >= 11 is 2.44. The number of thioether (sulfide) groups is 1. The first-order valence-electron chi connectivity index (χ1n) is 13.6. The minimum absolute atomic E-state index is 0.0281. The summed E-state index contributed by atoms with van der Waals surface area (Å²) in [5, 5.41) is 23.4. The minimum atomic E-state index is -1.26. The van der Waals surface area contributed by atoms with Gasteiger partial charge in [0.15, 0.2) is 0 Å². The number of aromatic nitrogens is 1. The molecule has 12 nitrogen and oxygen atoms in total. The molecular formula is C27H35N3O9S2. The number of nitrogens with zero attached hydrogens (tertiary/aromatic N) is 2.